The first-order valence-corrected chi connectivity index (χ1v) is 19.5. The molecule has 58 heavy (non-hydrogen) atoms. The minimum atomic E-state index is 0.614. The molecule has 13 rings (SSSR count). The van der Waals surface area contributed by atoms with Crippen LogP contribution in [0.25, 0.3) is 121 Å². The van der Waals surface area contributed by atoms with Crippen LogP contribution in [0, 0.1) is 0 Å². The lowest BCUT2D eigenvalue weighted by atomic mass is 9.95. The Bertz CT molecular complexity index is 3470. The van der Waals surface area contributed by atoms with Crippen LogP contribution in [0.1, 0.15) is 0 Å². The molecular weight excluding hydrogens is 713 g/mol. The van der Waals surface area contributed by atoms with Gasteiger partial charge in [0.2, 0.25) is 11.4 Å². The molecule has 0 radical (unpaired) electrons. The molecule has 0 unspecified atom stereocenters. The number of rotatable bonds is 4. The normalized spacial score (nSPS) is 12.1. The van der Waals surface area contributed by atoms with Gasteiger partial charge in [0.25, 0.3) is 0 Å². The Labute approximate surface area is 330 Å². The molecule has 0 bridgehead atoms. The molecule has 0 spiro atoms. The number of hydrogen-bond donors (Lipinski definition) is 0. The zero-order valence-corrected chi connectivity index (χ0v) is 30.9. The average molecular weight is 743 g/mol. The quantitative estimate of drug-likeness (QED) is 0.180. The summed E-state index contributed by atoms with van der Waals surface area (Å²) < 4.78 is 17.3. The first kappa shape index (κ1) is 31.3. The predicted octanol–water partition coefficient (Wildman–Crippen LogP) is 13.8. The van der Waals surface area contributed by atoms with Crippen LogP contribution in [-0.2, 0) is 0 Å². The van der Waals surface area contributed by atoms with Gasteiger partial charge in [-0.05, 0) is 83.9 Å². The maximum absolute atomic E-state index is 6.33. The zero-order valence-electron chi connectivity index (χ0n) is 30.9. The van der Waals surface area contributed by atoms with Crippen LogP contribution in [0.5, 0.6) is 0 Å². The average Bonchev–Trinajstić information content (AvgIpc) is 4.03. The molecular formula is C52H30N4O2. The minimum Gasteiger partial charge on any atom is -0.438 e. The molecule has 0 N–H and O–H groups in total. The summed E-state index contributed by atoms with van der Waals surface area (Å²) in [5.74, 6) is 0. The third kappa shape index (κ3) is 4.42. The molecule has 0 amide bonds. The molecule has 0 saturated heterocycles. The van der Waals surface area contributed by atoms with Crippen LogP contribution in [0.3, 0.4) is 0 Å². The van der Waals surface area contributed by atoms with Crippen molar-refractivity contribution in [1.29, 1.82) is 0 Å². The largest absolute Gasteiger partial charge is 0.438 e. The highest BCUT2D eigenvalue weighted by molar-refractivity contribution is 6.12. The van der Waals surface area contributed by atoms with Crippen molar-refractivity contribution in [1.82, 2.24) is 19.1 Å². The molecule has 0 saturated carbocycles. The van der Waals surface area contributed by atoms with Crippen molar-refractivity contribution in [2.24, 2.45) is 0 Å². The Morgan fingerprint density at radius 3 is 1.09 bits per heavy atom. The van der Waals surface area contributed by atoms with Gasteiger partial charge >= 0.3 is 0 Å². The van der Waals surface area contributed by atoms with E-state index in [1.54, 1.807) is 0 Å². The standard InChI is InChI=1S/C52H30N4O2/c1-2-12-36(32-26-44-42-28-34(22-24-50(42)58-52(44)54-30-32)56-47-19-9-5-15-39(47)40-16-6-10-20-48(40)56)35(11-1)31-25-43-41-27-33(21-23-49(41)57-51(43)53-29-31)55-45-17-7-3-13-37(45)38-14-4-8-18-46(38)55/h1-30H. The summed E-state index contributed by atoms with van der Waals surface area (Å²) in [6.07, 6.45) is 3.82. The summed E-state index contributed by atoms with van der Waals surface area (Å²) in [7, 11) is 0. The Kier molecular flexibility index (Phi) is 6.35. The van der Waals surface area contributed by atoms with Crippen molar-refractivity contribution >= 4 is 87.7 Å². The van der Waals surface area contributed by atoms with Gasteiger partial charge in [0.15, 0.2) is 0 Å². The summed E-state index contributed by atoms with van der Waals surface area (Å²) in [5.41, 5.74) is 13.8. The number of hydrogen-bond acceptors (Lipinski definition) is 4. The number of fused-ring (bicyclic) bond motifs is 12. The molecule has 6 heteroatoms. The highest BCUT2D eigenvalue weighted by atomic mass is 16.3. The van der Waals surface area contributed by atoms with Gasteiger partial charge in [-0.25, -0.2) is 9.97 Å². The van der Waals surface area contributed by atoms with E-state index in [0.717, 1.165) is 66.3 Å². The van der Waals surface area contributed by atoms with E-state index < -0.39 is 0 Å². The molecule has 0 aliphatic rings. The highest BCUT2D eigenvalue weighted by Gasteiger charge is 2.19. The van der Waals surface area contributed by atoms with E-state index in [4.69, 9.17) is 18.8 Å². The van der Waals surface area contributed by atoms with Gasteiger partial charge in [0, 0.05) is 78.0 Å². The SMILES string of the molecule is c1ccc(-c2cnc3oc4ccc(-n5c6ccccc6c6ccccc65)cc4c3c2)c(-c2cnc3oc4ccc(-n5c6ccccc6c6ccccc65)cc4c3c2)c1. The van der Waals surface area contributed by atoms with Gasteiger partial charge < -0.3 is 18.0 Å². The molecule has 0 fully saturated rings. The molecule has 6 heterocycles. The number of nitrogens with zero attached hydrogens (tertiary/aromatic N) is 4. The second kappa shape index (κ2) is 11.8. The lowest BCUT2D eigenvalue weighted by Crippen LogP contribution is -1.93. The van der Waals surface area contributed by atoms with Crippen LogP contribution >= 0.6 is 0 Å². The predicted molar refractivity (Wildman–Crippen MR) is 236 cm³/mol. The molecule has 6 nitrogen and oxygen atoms in total. The first-order chi connectivity index (χ1) is 28.7. The monoisotopic (exact) mass is 742 g/mol. The van der Waals surface area contributed by atoms with Crippen LogP contribution < -0.4 is 0 Å². The van der Waals surface area contributed by atoms with Gasteiger partial charge in [-0.15, -0.1) is 0 Å². The van der Waals surface area contributed by atoms with Crippen molar-refractivity contribution in [2.75, 3.05) is 0 Å². The van der Waals surface area contributed by atoms with Gasteiger partial charge in [-0.2, -0.15) is 0 Å². The minimum absolute atomic E-state index is 0.614. The molecule has 270 valence electrons. The first-order valence-electron chi connectivity index (χ1n) is 19.5. The van der Waals surface area contributed by atoms with Crippen molar-refractivity contribution < 1.29 is 8.83 Å². The lowest BCUT2D eigenvalue weighted by Gasteiger charge is -2.10. The number of pyridine rings is 2. The molecule has 6 aromatic heterocycles. The fraction of sp³-hybridized carbons (Fsp3) is 0. The fourth-order valence-electron chi connectivity index (χ4n) is 9.26. The van der Waals surface area contributed by atoms with Crippen LogP contribution in [-0.4, -0.2) is 19.1 Å². The summed E-state index contributed by atoms with van der Waals surface area (Å²) in [6.45, 7) is 0. The van der Waals surface area contributed by atoms with E-state index in [0.29, 0.717) is 11.4 Å². The van der Waals surface area contributed by atoms with E-state index >= 15 is 0 Å². The third-order valence-corrected chi connectivity index (χ3v) is 11.8. The van der Waals surface area contributed by atoms with Crippen LogP contribution in [0.2, 0.25) is 0 Å². The van der Waals surface area contributed by atoms with E-state index in [2.05, 4.69) is 179 Å². The van der Waals surface area contributed by atoms with Gasteiger partial charge in [0.05, 0.1) is 22.1 Å². The summed E-state index contributed by atoms with van der Waals surface area (Å²) in [5, 5.41) is 8.91. The molecule has 13 aromatic rings. The van der Waals surface area contributed by atoms with Crippen LogP contribution in [0.15, 0.2) is 191 Å². The molecule has 0 aliphatic carbocycles. The summed E-state index contributed by atoms with van der Waals surface area (Å²) in [6, 6.07) is 60.1. The van der Waals surface area contributed by atoms with E-state index in [9.17, 15) is 0 Å². The van der Waals surface area contributed by atoms with Crippen molar-refractivity contribution in [3.63, 3.8) is 0 Å². The number of para-hydroxylation sites is 4. The Morgan fingerprint density at radius 2 is 0.690 bits per heavy atom. The van der Waals surface area contributed by atoms with E-state index in [-0.39, 0.29) is 0 Å². The summed E-state index contributed by atoms with van der Waals surface area (Å²) >= 11 is 0. The van der Waals surface area contributed by atoms with Crippen molar-refractivity contribution in [3.8, 4) is 33.6 Å². The number of aromatic nitrogens is 4. The van der Waals surface area contributed by atoms with Crippen molar-refractivity contribution in [2.45, 2.75) is 0 Å². The molecule has 0 aliphatic heterocycles. The van der Waals surface area contributed by atoms with E-state index in [1.807, 2.05) is 12.4 Å². The van der Waals surface area contributed by atoms with Gasteiger partial charge in [0.1, 0.15) is 11.2 Å². The molecule has 7 aromatic carbocycles. The third-order valence-electron chi connectivity index (χ3n) is 11.8. The Balaban J connectivity index is 0.948. The van der Waals surface area contributed by atoms with E-state index in [1.165, 1.54) is 43.6 Å². The van der Waals surface area contributed by atoms with Crippen molar-refractivity contribution in [3.05, 3.63) is 182 Å². The Hall–Kier alpha value is -7.96. The van der Waals surface area contributed by atoms with Gasteiger partial charge in [-0.3, -0.25) is 0 Å². The second-order valence-corrected chi connectivity index (χ2v) is 15.0. The summed E-state index contributed by atoms with van der Waals surface area (Å²) in [4.78, 5) is 9.75. The Morgan fingerprint density at radius 1 is 0.328 bits per heavy atom. The zero-order chi connectivity index (χ0) is 37.9. The maximum atomic E-state index is 6.33. The van der Waals surface area contributed by atoms with Crippen LogP contribution in [0.4, 0.5) is 0 Å². The highest BCUT2D eigenvalue weighted by Crippen LogP contribution is 2.40. The smallest absolute Gasteiger partial charge is 0.227 e. The maximum Gasteiger partial charge on any atom is 0.227 e. The van der Waals surface area contributed by atoms with Gasteiger partial charge in [-0.1, -0.05) is 97.1 Å². The number of benzene rings is 7. The number of furan rings is 2. The molecule has 0 atom stereocenters. The second-order valence-electron chi connectivity index (χ2n) is 15.0. The fourth-order valence-corrected chi connectivity index (χ4v) is 9.26. The lowest BCUT2D eigenvalue weighted by molar-refractivity contribution is 0.653. The topological polar surface area (TPSA) is 61.9 Å².